The zero-order valence-electron chi connectivity index (χ0n) is 17.5. The summed E-state index contributed by atoms with van der Waals surface area (Å²) in [7, 11) is 0. The van der Waals surface area contributed by atoms with E-state index in [0.29, 0.717) is 17.8 Å². The van der Waals surface area contributed by atoms with Crippen LogP contribution < -0.4 is 0 Å². The molecule has 0 spiro atoms. The van der Waals surface area contributed by atoms with Crippen molar-refractivity contribution in [3.05, 3.63) is 35.7 Å². The second-order valence-corrected chi connectivity index (χ2v) is 9.29. The summed E-state index contributed by atoms with van der Waals surface area (Å²) in [6.45, 7) is 10.7. The van der Waals surface area contributed by atoms with Gasteiger partial charge in [0.05, 0.1) is 5.75 Å². The molecule has 0 saturated heterocycles. The summed E-state index contributed by atoms with van der Waals surface area (Å²) in [5, 5.41) is 9.19. The Bertz CT molecular complexity index is 818. The summed E-state index contributed by atoms with van der Waals surface area (Å²) in [5.41, 5.74) is 2.19. The van der Waals surface area contributed by atoms with Crippen LogP contribution in [0.2, 0.25) is 0 Å². The lowest BCUT2D eigenvalue weighted by atomic mass is 9.75. The Hall–Kier alpha value is -1.82. The molecule has 0 N–H and O–H groups in total. The van der Waals surface area contributed by atoms with Crippen LogP contribution in [0.4, 0.5) is 0 Å². The largest absolute Gasteiger partial charge is 0.461 e. The zero-order valence-corrected chi connectivity index (χ0v) is 18.3. The van der Waals surface area contributed by atoms with Gasteiger partial charge in [-0.3, -0.25) is 9.36 Å². The summed E-state index contributed by atoms with van der Waals surface area (Å²) in [6, 6.07) is 8.20. The van der Waals surface area contributed by atoms with Crippen molar-refractivity contribution in [3.8, 4) is 5.69 Å². The number of rotatable bonds is 6. The molecule has 0 amide bonds. The van der Waals surface area contributed by atoms with Gasteiger partial charge in [0.15, 0.2) is 5.16 Å². The van der Waals surface area contributed by atoms with Crippen molar-refractivity contribution in [2.24, 2.45) is 17.8 Å². The molecule has 0 radical (unpaired) electrons. The number of thioether (sulfide) groups is 1. The Balaban J connectivity index is 1.65. The first-order valence-electron chi connectivity index (χ1n) is 10.2. The second kappa shape index (κ2) is 9.12. The standard InChI is InChI=1S/C22H31N3O2S/c1-14(2)19-10-9-16(4)12-20(19)27-21(26)13-28-22-24-23-17(5)25(22)18-8-6-7-15(3)11-18/h6-8,11,14,16,19-20H,9-10,12-13H2,1-5H3/t16-,19-,20+/m0/s1. The second-order valence-electron chi connectivity index (χ2n) is 8.35. The number of nitrogens with zero attached hydrogens (tertiary/aromatic N) is 3. The number of hydrogen-bond acceptors (Lipinski definition) is 5. The van der Waals surface area contributed by atoms with Crippen molar-refractivity contribution in [3.63, 3.8) is 0 Å². The Morgan fingerprint density at radius 3 is 2.79 bits per heavy atom. The van der Waals surface area contributed by atoms with Crippen LogP contribution in [0.15, 0.2) is 29.4 Å². The molecule has 3 atom stereocenters. The van der Waals surface area contributed by atoms with Crippen LogP contribution in [0.25, 0.3) is 5.69 Å². The minimum Gasteiger partial charge on any atom is -0.461 e. The van der Waals surface area contributed by atoms with Crippen LogP contribution in [0.1, 0.15) is 51.4 Å². The van der Waals surface area contributed by atoms with Crippen LogP contribution in [-0.2, 0) is 9.53 Å². The molecule has 3 rings (SSSR count). The lowest BCUT2D eigenvalue weighted by molar-refractivity contribution is -0.152. The molecule has 1 heterocycles. The smallest absolute Gasteiger partial charge is 0.316 e. The fraction of sp³-hybridized carbons (Fsp3) is 0.591. The molecule has 0 aliphatic heterocycles. The van der Waals surface area contributed by atoms with Gasteiger partial charge in [-0.05, 0) is 62.1 Å². The maximum absolute atomic E-state index is 12.6. The summed E-state index contributed by atoms with van der Waals surface area (Å²) < 4.78 is 7.90. The minimum atomic E-state index is -0.161. The predicted octanol–water partition coefficient (Wildman–Crippen LogP) is 4.98. The van der Waals surface area contributed by atoms with Crippen molar-refractivity contribution in [2.45, 2.75) is 65.1 Å². The fourth-order valence-corrected chi connectivity index (χ4v) is 4.86. The third-order valence-corrected chi connectivity index (χ3v) is 6.52. The van der Waals surface area contributed by atoms with Crippen molar-refractivity contribution < 1.29 is 9.53 Å². The molecule has 6 heteroatoms. The van der Waals surface area contributed by atoms with Crippen molar-refractivity contribution in [2.75, 3.05) is 5.75 Å². The number of benzene rings is 1. The first-order chi connectivity index (χ1) is 13.3. The molecule has 1 saturated carbocycles. The Morgan fingerprint density at radius 2 is 2.07 bits per heavy atom. The third-order valence-electron chi connectivity index (χ3n) is 5.62. The van der Waals surface area contributed by atoms with Crippen LogP contribution >= 0.6 is 11.8 Å². The van der Waals surface area contributed by atoms with E-state index in [1.54, 1.807) is 0 Å². The number of carbonyl (C=O) groups is 1. The quantitative estimate of drug-likeness (QED) is 0.505. The molecule has 0 bridgehead atoms. The number of aryl methyl sites for hydroxylation is 2. The first-order valence-corrected chi connectivity index (χ1v) is 11.1. The van der Waals surface area contributed by atoms with E-state index >= 15 is 0 Å². The summed E-state index contributed by atoms with van der Waals surface area (Å²) in [4.78, 5) is 12.6. The molecule has 1 aliphatic rings. The lowest BCUT2D eigenvalue weighted by Crippen LogP contribution is -2.36. The van der Waals surface area contributed by atoms with E-state index in [2.05, 4.69) is 50.0 Å². The van der Waals surface area contributed by atoms with Gasteiger partial charge in [-0.25, -0.2) is 0 Å². The fourth-order valence-electron chi connectivity index (χ4n) is 4.08. The van der Waals surface area contributed by atoms with Crippen molar-refractivity contribution in [1.29, 1.82) is 0 Å². The zero-order chi connectivity index (χ0) is 20.3. The lowest BCUT2D eigenvalue weighted by Gasteiger charge is -2.36. The highest BCUT2D eigenvalue weighted by molar-refractivity contribution is 7.99. The maximum Gasteiger partial charge on any atom is 0.316 e. The van der Waals surface area contributed by atoms with Gasteiger partial charge in [-0.2, -0.15) is 0 Å². The molecule has 2 aromatic rings. The average Bonchev–Trinajstić information content (AvgIpc) is 3.00. The molecule has 1 fully saturated rings. The highest BCUT2D eigenvalue weighted by Crippen LogP contribution is 2.35. The van der Waals surface area contributed by atoms with Crippen molar-refractivity contribution in [1.82, 2.24) is 14.8 Å². The topological polar surface area (TPSA) is 57.0 Å². The molecule has 152 valence electrons. The number of ether oxygens (including phenoxy) is 1. The Labute approximate surface area is 172 Å². The number of carbonyl (C=O) groups excluding carboxylic acids is 1. The summed E-state index contributed by atoms with van der Waals surface area (Å²) in [6.07, 6.45) is 3.38. The SMILES string of the molecule is Cc1cccc(-n2c(C)nnc2SCC(=O)O[C@@H]2C[C@@H](C)CC[C@H]2C(C)C)c1. The third kappa shape index (κ3) is 4.96. The molecular weight excluding hydrogens is 370 g/mol. The highest BCUT2D eigenvalue weighted by Gasteiger charge is 2.33. The van der Waals surface area contributed by atoms with E-state index < -0.39 is 0 Å². The molecule has 1 aromatic carbocycles. The molecule has 5 nitrogen and oxygen atoms in total. The van der Waals surface area contributed by atoms with Crippen LogP contribution in [0.3, 0.4) is 0 Å². The van der Waals surface area contributed by atoms with Gasteiger partial charge in [0.25, 0.3) is 0 Å². The van der Waals surface area contributed by atoms with E-state index in [-0.39, 0.29) is 17.8 Å². The van der Waals surface area contributed by atoms with Gasteiger partial charge in [-0.15, -0.1) is 10.2 Å². The minimum absolute atomic E-state index is 0.0354. The molecule has 1 aromatic heterocycles. The van der Waals surface area contributed by atoms with E-state index in [4.69, 9.17) is 4.74 Å². The summed E-state index contributed by atoms with van der Waals surface area (Å²) in [5.74, 6) is 2.51. The molecule has 0 unspecified atom stereocenters. The van der Waals surface area contributed by atoms with E-state index in [1.807, 2.05) is 23.6 Å². The van der Waals surface area contributed by atoms with Gasteiger partial charge >= 0.3 is 5.97 Å². The monoisotopic (exact) mass is 401 g/mol. The first kappa shape index (κ1) is 20.9. The molecule has 1 aliphatic carbocycles. The van der Waals surface area contributed by atoms with Crippen LogP contribution in [0, 0.1) is 31.6 Å². The highest BCUT2D eigenvalue weighted by atomic mass is 32.2. The average molecular weight is 402 g/mol. The predicted molar refractivity (Wildman–Crippen MR) is 113 cm³/mol. The van der Waals surface area contributed by atoms with Crippen LogP contribution in [-0.4, -0.2) is 32.6 Å². The number of esters is 1. The van der Waals surface area contributed by atoms with Gasteiger partial charge in [0, 0.05) is 5.69 Å². The van der Waals surface area contributed by atoms with E-state index in [0.717, 1.165) is 29.5 Å². The van der Waals surface area contributed by atoms with Gasteiger partial charge in [0.2, 0.25) is 0 Å². The Kier molecular flexibility index (Phi) is 6.81. The van der Waals surface area contributed by atoms with Gasteiger partial charge in [0.1, 0.15) is 11.9 Å². The number of hydrogen-bond donors (Lipinski definition) is 0. The van der Waals surface area contributed by atoms with Gasteiger partial charge < -0.3 is 4.74 Å². The maximum atomic E-state index is 12.6. The van der Waals surface area contributed by atoms with E-state index in [9.17, 15) is 4.79 Å². The Morgan fingerprint density at radius 1 is 1.29 bits per heavy atom. The molecular formula is C22H31N3O2S. The number of aromatic nitrogens is 3. The summed E-state index contributed by atoms with van der Waals surface area (Å²) >= 11 is 1.39. The van der Waals surface area contributed by atoms with Gasteiger partial charge in [-0.1, -0.05) is 51.1 Å². The molecule has 28 heavy (non-hydrogen) atoms. The van der Waals surface area contributed by atoms with Crippen molar-refractivity contribution >= 4 is 17.7 Å². The normalized spacial score (nSPS) is 22.4. The van der Waals surface area contributed by atoms with E-state index in [1.165, 1.54) is 23.7 Å². The van der Waals surface area contributed by atoms with Crippen LogP contribution in [0.5, 0.6) is 0 Å².